The van der Waals surface area contributed by atoms with Crippen molar-refractivity contribution in [1.29, 1.82) is 0 Å². The van der Waals surface area contributed by atoms with Crippen LogP contribution in [-0.2, 0) is 11.8 Å². The number of fused-ring (bicyclic) bond motifs is 3. The van der Waals surface area contributed by atoms with Gasteiger partial charge in [-0.15, -0.1) is 0 Å². The number of ether oxygens (including phenoxy) is 1. The first-order chi connectivity index (χ1) is 16.9. The molecule has 0 bridgehead atoms. The first-order valence-electron chi connectivity index (χ1n) is 10.6. The second kappa shape index (κ2) is 8.78. The Hall–Kier alpha value is -4.93. The van der Waals surface area contributed by atoms with Gasteiger partial charge < -0.3 is 19.7 Å². The van der Waals surface area contributed by atoms with E-state index in [1.54, 1.807) is 0 Å². The van der Waals surface area contributed by atoms with Gasteiger partial charge in [0, 0.05) is 19.0 Å². The van der Waals surface area contributed by atoms with Crippen molar-refractivity contribution in [3.05, 3.63) is 83.2 Å². The topological polar surface area (TPSA) is 149 Å². The summed E-state index contributed by atoms with van der Waals surface area (Å²) < 4.78 is 11.7. The Morgan fingerprint density at radius 1 is 1.06 bits per heavy atom. The first kappa shape index (κ1) is 21.9. The molecule has 0 saturated carbocycles. The van der Waals surface area contributed by atoms with Crippen molar-refractivity contribution in [2.45, 2.75) is 5.92 Å². The highest BCUT2D eigenvalue weighted by Crippen LogP contribution is 2.44. The molecule has 0 saturated heterocycles. The van der Waals surface area contributed by atoms with Crippen molar-refractivity contribution in [2.24, 2.45) is 7.05 Å². The Kier molecular flexibility index (Phi) is 5.49. The Balaban J connectivity index is 1.22. The summed E-state index contributed by atoms with van der Waals surface area (Å²) in [6.07, 6.45) is 0.347. The molecule has 0 radical (unpaired) electrons. The number of hydrogen-bond acceptors (Lipinski definition) is 7. The van der Waals surface area contributed by atoms with Crippen LogP contribution in [0.5, 0.6) is 0 Å². The second-order valence-electron chi connectivity index (χ2n) is 7.82. The molecule has 5 rings (SSSR count). The number of nitrogens with zero attached hydrogens (tertiary/aromatic N) is 3. The number of aromatic nitrogens is 3. The van der Waals surface area contributed by atoms with Crippen LogP contribution in [-0.4, -0.2) is 44.6 Å². The lowest BCUT2D eigenvalue weighted by molar-refractivity contribution is 0.0698. The number of benzene rings is 2. The van der Waals surface area contributed by atoms with Crippen LogP contribution in [0.4, 0.5) is 16.5 Å². The number of aryl methyl sites for hydroxylation is 1. The zero-order valence-electron chi connectivity index (χ0n) is 18.4. The quantitative estimate of drug-likeness (QED) is 0.384. The molecule has 3 N–H and O–H groups in total. The zero-order chi connectivity index (χ0) is 24.5. The summed E-state index contributed by atoms with van der Waals surface area (Å²) in [7, 11) is 1.48. The molecule has 11 nitrogen and oxygen atoms in total. The molecule has 2 amide bonds. The lowest BCUT2D eigenvalue weighted by Gasteiger charge is -2.13. The van der Waals surface area contributed by atoms with Crippen molar-refractivity contribution >= 4 is 29.7 Å². The fourth-order valence-electron chi connectivity index (χ4n) is 4.09. The number of hydrogen-bond donors (Lipinski definition) is 3. The Bertz CT molecular complexity index is 1410. The largest absolute Gasteiger partial charge is 0.477 e. The maximum Gasteiger partial charge on any atom is 0.414 e. The van der Waals surface area contributed by atoms with Crippen LogP contribution in [0.2, 0.25) is 0 Å². The summed E-state index contributed by atoms with van der Waals surface area (Å²) >= 11 is 0. The summed E-state index contributed by atoms with van der Waals surface area (Å²) in [6, 6.07) is 17.2. The second-order valence-corrected chi connectivity index (χ2v) is 7.82. The van der Waals surface area contributed by atoms with E-state index in [0.717, 1.165) is 28.5 Å². The summed E-state index contributed by atoms with van der Waals surface area (Å²) in [6.45, 7) is 0.111. The maximum atomic E-state index is 12.5. The SMILES string of the molecule is Cn1ncc(C(=O)O)c1NC(=O)c1cc(NC(=O)OCC2c3ccccc3-c3ccccc32)on1. The van der Waals surface area contributed by atoms with E-state index in [-0.39, 0.29) is 35.5 Å². The smallest absolute Gasteiger partial charge is 0.414 e. The molecular weight excluding hydrogens is 454 g/mol. The minimum absolute atomic E-state index is 0.0171. The van der Waals surface area contributed by atoms with Gasteiger partial charge >= 0.3 is 12.1 Å². The molecule has 0 atom stereocenters. The summed E-state index contributed by atoms with van der Waals surface area (Å²) in [5.41, 5.74) is 4.04. The van der Waals surface area contributed by atoms with Gasteiger partial charge in [0.25, 0.3) is 5.91 Å². The summed E-state index contributed by atoms with van der Waals surface area (Å²) in [5.74, 6) is -2.20. The number of anilines is 2. The Morgan fingerprint density at radius 2 is 1.71 bits per heavy atom. The van der Waals surface area contributed by atoms with Gasteiger partial charge in [-0.25, -0.2) is 9.59 Å². The molecule has 0 fully saturated rings. The molecule has 4 aromatic rings. The van der Waals surface area contributed by atoms with Crippen LogP contribution in [0, 0.1) is 0 Å². The van der Waals surface area contributed by atoms with Gasteiger partial charge in [0.05, 0.1) is 6.20 Å². The van der Waals surface area contributed by atoms with Crippen LogP contribution >= 0.6 is 0 Å². The summed E-state index contributed by atoms with van der Waals surface area (Å²) in [4.78, 5) is 36.1. The molecule has 2 aromatic heterocycles. The first-order valence-corrected chi connectivity index (χ1v) is 10.6. The lowest BCUT2D eigenvalue weighted by Crippen LogP contribution is -2.18. The molecule has 35 heavy (non-hydrogen) atoms. The molecule has 2 aromatic carbocycles. The van der Waals surface area contributed by atoms with Crippen LogP contribution in [0.1, 0.15) is 37.9 Å². The van der Waals surface area contributed by atoms with Crippen LogP contribution < -0.4 is 10.6 Å². The standard InChI is InChI=1S/C24H19N5O6/c1-29-21(17(11-25-29)23(31)32)27-22(30)19-10-20(35-28-19)26-24(33)34-12-18-15-8-4-2-6-13(15)14-7-3-5-9-16(14)18/h2-11,18H,12H2,1H3,(H,26,33)(H,27,30)(H,31,32). The van der Waals surface area contributed by atoms with Crippen molar-refractivity contribution in [3.63, 3.8) is 0 Å². The van der Waals surface area contributed by atoms with E-state index in [1.807, 2.05) is 48.5 Å². The Morgan fingerprint density at radius 3 is 2.37 bits per heavy atom. The highest BCUT2D eigenvalue weighted by Gasteiger charge is 2.29. The van der Waals surface area contributed by atoms with Crippen molar-refractivity contribution in [1.82, 2.24) is 14.9 Å². The molecule has 1 aliphatic rings. The average Bonchev–Trinajstić information content (AvgIpc) is 3.54. The van der Waals surface area contributed by atoms with Crippen LogP contribution in [0.3, 0.4) is 0 Å². The van der Waals surface area contributed by atoms with Crippen molar-refractivity contribution in [3.8, 4) is 11.1 Å². The van der Waals surface area contributed by atoms with Gasteiger partial charge in [-0.2, -0.15) is 5.10 Å². The fourth-order valence-corrected chi connectivity index (χ4v) is 4.09. The molecule has 0 aliphatic heterocycles. The number of nitrogens with one attached hydrogen (secondary N) is 2. The van der Waals surface area contributed by atoms with E-state index in [2.05, 4.69) is 20.9 Å². The number of carboxylic acid groups (broad SMARTS) is 1. The van der Waals surface area contributed by atoms with Gasteiger partial charge in [0.1, 0.15) is 18.0 Å². The van der Waals surface area contributed by atoms with Gasteiger partial charge in [0.15, 0.2) is 5.69 Å². The molecule has 0 spiro atoms. The predicted molar refractivity (Wildman–Crippen MR) is 123 cm³/mol. The van der Waals surface area contributed by atoms with E-state index in [1.165, 1.54) is 17.8 Å². The van der Waals surface area contributed by atoms with Crippen LogP contribution in [0.25, 0.3) is 11.1 Å². The number of carboxylic acids is 1. The monoisotopic (exact) mass is 473 g/mol. The van der Waals surface area contributed by atoms with Crippen molar-refractivity contribution in [2.75, 3.05) is 17.2 Å². The number of aromatic carboxylic acids is 1. The molecular formula is C24H19N5O6. The van der Waals surface area contributed by atoms with E-state index in [0.29, 0.717) is 0 Å². The fraction of sp³-hybridized carbons (Fsp3) is 0.125. The number of carbonyl (C=O) groups is 3. The van der Waals surface area contributed by atoms with Gasteiger partial charge in [-0.1, -0.05) is 53.7 Å². The average molecular weight is 473 g/mol. The maximum absolute atomic E-state index is 12.5. The minimum Gasteiger partial charge on any atom is -0.477 e. The number of rotatable bonds is 6. The van der Waals surface area contributed by atoms with E-state index < -0.39 is 18.0 Å². The Labute approximate surface area is 198 Å². The molecule has 0 unspecified atom stereocenters. The van der Waals surface area contributed by atoms with E-state index in [9.17, 15) is 19.5 Å². The highest BCUT2D eigenvalue weighted by molar-refractivity contribution is 6.06. The van der Waals surface area contributed by atoms with Gasteiger partial charge in [-0.3, -0.25) is 14.8 Å². The molecule has 11 heteroatoms. The van der Waals surface area contributed by atoms with E-state index >= 15 is 0 Å². The third kappa shape index (κ3) is 4.10. The minimum atomic E-state index is -1.24. The van der Waals surface area contributed by atoms with Gasteiger partial charge in [-0.05, 0) is 22.3 Å². The van der Waals surface area contributed by atoms with E-state index in [4.69, 9.17) is 9.26 Å². The molecule has 2 heterocycles. The third-order valence-corrected chi connectivity index (χ3v) is 5.71. The predicted octanol–water partition coefficient (Wildman–Crippen LogP) is 3.72. The lowest BCUT2D eigenvalue weighted by atomic mass is 9.98. The normalized spacial score (nSPS) is 12.0. The highest BCUT2D eigenvalue weighted by atomic mass is 16.6. The summed E-state index contributed by atoms with van der Waals surface area (Å²) in [5, 5.41) is 21.5. The zero-order valence-corrected chi connectivity index (χ0v) is 18.4. The van der Waals surface area contributed by atoms with Crippen molar-refractivity contribution < 1.29 is 28.8 Å². The number of amides is 2. The number of carbonyl (C=O) groups excluding carboxylic acids is 2. The molecule has 1 aliphatic carbocycles. The van der Waals surface area contributed by atoms with Gasteiger partial charge in [0.2, 0.25) is 5.88 Å². The van der Waals surface area contributed by atoms with Crippen LogP contribution in [0.15, 0.2) is 65.3 Å². The molecule has 176 valence electrons. The third-order valence-electron chi connectivity index (χ3n) is 5.71.